The number of benzene rings is 3. The highest BCUT2D eigenvalue weighted by molar-refractivity contribution is 7.92. The number of fused-ring (bicyclic) bond motifs is 3. The van der Waals surface area contributed by atoms with Crippen molar-refractivity contribution in [2.45, 2.75) is 30.2 Å². The van der Waals surface area contributed by atoms with Gasteiger partial charge in [0.05, 0.1) is 22.5 Å². The summed E-state index contributed by atoms with van der Waals surface area (Å²) < 4.78 is 34.3. The van der Waals surface area contributed by atoms with Crippen molar-refractivity contribution in [2.24, 2.45) is 5.92 Å². The highest BCUT2D eigenvalue weighted by Crippen LogP contribution is 2.50. The largest absolute Gasteiger partial charge is 0.494 e. The Morgan fingerprint density at radius 2 is 1.83 bits per heavy atom. The molecule has 3 atom stereocenters. The molecule has 1 heterocycles. The molecule has 2 aliphatic rings. The third kappa shape index (κ3) is 4.46. The van der Waals surface area contributed by atoms with Crippen molar-refractivity contribution in [3.8, 4) is 5.75 Å². The first-order valence-electron chi connectivity index (χ1n) is 11.4. The lowest BCUT2D eigenvalue weighted by Crippen LogP contribution is -2.29. The van der Waals surface area contributed by atoms with E-state index < -0.39 is 14.9 Å². The average Bonchev–Trinajstić information content (AvgIpc) is 3.35. The van der Waals surface area contributed by atoms with Gasteiger partial charge < -0.3 is 10.1 Å². The summed E-state index contributed by atoms with van der Waals surface area (Å²) in [6.07, 6.45) is 5.07. The summed E-state index contributed by atoms with van der Waals surface area (Å²) >= 11 is 0. The molecule has 0 unspecified atom stereocenters. The van der Waals surface area contributed by atoms with Gasteiger partial charge >= 0.3 is 0 Å². The molecule has 0 saturated carbocycles. The minimum Gasteiger partial charge on any atom is -0.494 e. The van der Waals surface area contributed by atoms with E-state index in [-0.39, 0.29) is 28.5 Å². The molecular formula is C26H25N3O5S. The van der Waals surface area contributed by atoms with Crippen molar-refractivity contribution in [3.63, 3.8) is 0 Å². The van der Waals surface area contributed by atoms with Crippen LogP contribution >= 0.6 is 0 Å². The van der Waals surface area contributed by atoms with Crippen molar-refractivity contribution in [1.29, 1.82) is 0 Å². The van der Waals surface area contributed by atoms with E-state index in [2.05, 4.69) is 22.2 Å². The van der Waals surface area contributed by atoms with E-state index in [4.69, 9.17) is 4.74 Å². The van der Waals surface area contributed by atoms with Crippen LogP contribution in [0.1, 0.15) is 36.4 Å². The quantitative estimate of drug-likeness (QED) is 0.252. The highest BCUT2D eigenvalue weighted by Gasteiger charge is 2.38. The zero-order chi connectivity index (χ0) is 24.6. The third-order valence-electron chi connectivity index (χ3n) is 6.53. The maximum absolute atomic E-state index is 13.1. The molecule has 1 aliphatic carbocycles. The average molecular weight is 492 g/mol. The standard InChI is InChI=1S/C26H25N3O5S/c1-2-34-20-12-8-18(9-13-20)28-35(32,33)21-14-15-25-24(16-21)22-4-3-5-23(22)26(27-25)17-6-10-19(11-7-17)29(30)31/h3-4,6-16,22-23,26-28H,2,5H2,1H3/t22-,23+,26-/m1/s1. The van der Waals surface area contributed by atoms with Crippen LogP contribution in [0.4, 0.5) is 17.1 Å². The number of ether oxygens (including phenoxy) is 1. The Labute approximate surface area is 203 Å². The number of hydrogen-bond acceptors (Lipinski definition) is 6. The van der Waals surface area contributed by atoms with Gasteiger partial charge in [-0.3, -0.25) is 14.8 Å². The van der Waals surface area contributed by atoms with E-state index in [1.165, 1.54) is 12.1 Å². The Kier molecular flexibility index (Phi) is 5.94. The lowest BCUT2D eigenvalue weighted by molar-refractivity contribution is -0.384. The molecule has 2 N–H and O–H groups in total. The molecule has 180 valence electrons. The summed E-state index contributed by atoms with van der Waals surface area (Å²) in [5, 5.41) is 14.6. The van der Waals surface area contributed by atoms with Gasteiger partial charge in [0.25, 0.3) is 15.7 Å². The fourth-order valence-corrected chi connectivity index (χ4v) is 5.97. The molecule has 9 heteroatoms. The Hall–Kier alpha value is -3.85. The molecule has 35 heavy (non-hydrogen) atoms. The topological polar surface area (TPSA) is 111 Å². The molecule has 3 aromatic carbocycles. The van der Waals surface area contributed by atoms with Gasteiger partial charge in [0.15, 0.2) is 0 Å². The van der Waals surface area contributed by atoms with E-state index in [0.717, 1.165) is 23.2 Å². The first-order chi connectivity index (χ1) is 16.9. The molecule has 0 spiro atoms. The Morgan fingerprint density at radius 1 is 1.09 bits per heavy atom. The number of anilines is 2. The van der Waals surface area contributed by atoms with Crippen LogP contribution in [0.5, 0.6) is 5.75 Å². The van der Waals surface area contributed by atoms with Gasteiger partial charge in [-0.15, -0.1) is 0 Å². The van der Waals surface area contributed by atoms with Crippen LogP contribution in [0.25, 0.3) is 0 Å². The second-order valence-corrected chi connectivity index (χ2v) is 10.3. The molecular weight excluding hydrogens is 466 g/mol. The smallest absolute Gasteiger partial charge is 0.269 e. The monoisotopic (exact) mass is 491 g/mol. The molecule has 0 amide bonds. The zero-order valence-electron chi connectivity index (χ0n) is 19.0. The number of non-ortho nitro benzene ring substituents is 1. The van der Waals surface area contributed by atoms with Crippen molar-refractivity contribution >= 4 is 27.1 Å². The molecule has 1 aliphatic heterocycles. The van der Waals surface area contributed by atoms with Gasteiger partial charge in [0, 0.05) is 29.4 Å². The maximum atomic E-state index is 13.1. The van der Waals surface area contributed by atoms with Crippen LogP contribution < -0.4 is 14.8 Å². The molecule has 8 nitrogen and oxygen atoms in total. The zero-order valence-corrected chi connectivity index (χ0v) is 19.9. The van der Waals surface area contributed by atoms with E-state index in [1.807, 2.05) is 6.92 Å². The minimum atomic E-state index is -3.79. The van der Waals surface area contributed by atoms with Gasteiger partial charge in [0.1, 0.15) is 5.75 Å². The second kappa shape index (κ2) is 9.07. The van der Waals surface area contributed by atoms with Crippen LogP contribution in [0.15, 0.2) is 83.8 Å². The van der Waals surface area contributed by atoms with Crippen LogP contribution in [0.2, 0.25) is 0 Å². The summed E-state index contributed by atoms with van der Waals surface area (Å²) in [4.78, 5) is 10.8. The molecule has 0 fully saturated rings. The molecule has 0 aromatic heterocycles. The number of rotatable bonds is 7. The van der Waals surface area contributed by atoms with Crippen LogP contribution in [0.3, 0.4) is 0 Å². The second-order valence-electron chi connectivity index (χ2n) is 8.64. The van der Waals surface area contributed by atoms with E-state index in [0.29, 0.717) is 18.0 Å². The highest BCUT2D eigenvalue weighted by atomic mass is 32.2. The molecule has 5 rings (SSSR count). The summed E-state index contributed by atoms with van der Waals surface area (Å²) in [5.41, 5.74) is 3.27. The number of allylic oxidation sites excluding steroid dienone is 2. The van der Waals surface area contributed by atoms with Gasteiger partial charge in [-0.1, -0.05) is 24.3 Å². The van der Waals surface area contributed by atoms with Gasteiger partial charge in [-0.25, -0.2) is 8.42 Å². The number of nitro groups is 1. The predicted octanol–water partition coefficient (Wildman–Crippen LogP) is 5.62. The van der Waals surface area contributed by atoms with Gasteiger partial charge in [-0.05, 0) is 72.9 Å². The number of nitrogens with one attached hydrogen (secondary N) is 2. The predicted molar refractivity (Wildman–Crippen MR) is 134 cm³/mol. The van der Waals surface area contributed by atoms with Crippen molar-refractivity contribution in [2.75, 3.05) is 16.6 Å². The minimum absolute atomic E-state index is 0.0345. The van der Waals surface area contributed by atoms with Crippen molar-refractivity contribution < 1.29 is 18.1 Å². The maximum Gasteiger partial charge on any atom is 0.269 e. The van der Waals surface area contributed by atoms with Crippen LogP contribution in [0, 0.1) is 16.0 Å². The summed E-state index contributed by atoms with van der Waals surface area (Å²) in [6, 6.07) is 18.5. The van der Waals surface area contributed by atoms with Crippen molar-refractivity contribution in [3.05, 3.63) is 100 Å². The fourth-order valence-electron chi connectivity index (χ4n) is 4.87. The van der Waals surface area contributed by atoms with Gasteiger partial charge in [-0.2, -0.15) is 0 Å². The first kappa shape index (κ1) is 22.9. The number of nitro benzene ring substituents is 1. The lowest BCUT2D eigenvalue weighted by atomic mass is 9.77. The van der Waals surface area contributed by atoms with Crippen LogP contribution in [-0.4, -0.2) is 19.9 Å². The summed E-state index contributed by atoms with van der Waals surface area (Å²) in [6.45, 7) is 2.43. The number of nitrogens with zero attached hydrogens (tertiary/aromatic N) is 1. The van der Waals surface area contributed by atoms with Gasteiger partial charge in [0.2, 0.25) is 0 Å². The molecule has 0 saturated heterocycles. The van der Waals surface area contributed by atoms with E-state index in [9.17, 15) is 18.5 Å². The Balaban J connectivity index is 1.42. The molecule has 0 radical (unpaired) electrons. The molecule has 0 bridgehead atoms. The molecule has 3 aromatic rings. The first-order valence-corrected chi connectivity index (χ1v) is 12.9. The summed E-state index contributed by atoms with van der Waals surface area (Å²) in [5.74, 6) is 0.907. The SMILES string of the molecule is CCOc1ccc(NS(=O)(=O)c2ccc3c(c2)[C@@H]2C=CC[C@@H]2[C@@H](c2ccc([N+](=O)[O-])cc2)N3)cc1. The summed E-state index contributed by atoms with van der Waals surface area (Å²) in [7, 11) is -3.79. The van der Waals surface area contributed by atoms with E-state index in [1.54, 1.807) is 54.6 Å². The van der Waals surface area contributed by atoms with E-state index >= 15 is 0 Å². The fraction of sp³-hybridized carbons (Fsp3) is 0.231. The normalized spacial score (nSPS) is 20.4. The van der Waals surface area contributed by atoms with Crippen LogP contribution in [-0.2, 0) is 10.0 Å². The van der Waals surface area contributed by atoms with Crippen molar-refractivity contribution in [1.82, 2.24) is 0 Å². The number of sulfonamides is 1. The lowest BCUT2D eigenvalue weighted by Gasteiger charge is -2.37. The Bertz CT molecular complexity index is 1390. The third-order valence-corrected chi connectivity index (χ3v) is 7.90. The Morgan fingerprint density at radius 3 is 2.51 bits per heavy atom. The number of hydrogen-bond donors (Lipinski definition) is 2.